The molecule has 0 unspecified atom stereocenters. The van der Waals surface area contributed by atoms with Crippen LogP contribution in [-0.2, 0) is 14.3 Å². The quantitative estimate of drug-likeness (QED) is 0.264. The number of ether oxygens (including phenoxy) is 1. The smallest absolute Gasteiger partial charge is 0.302 e. The first-order valence-electron chi connectivity index (χ1n) is 13.8. The van der Waals surface area contributed by atoms with Gasteiger partial charge in [-0.3, -0.25) is 9.59 Å². The van der Waals surface area contributed by atoms with Crippen molar-refractivity contribution in [2.24, 2.45) is 46.3 Å². The summed E-state index contributed by atoms with van der Waals surface area (Å²) in [5.41, 5.74) is 0.363. The fourth-order valence-electron chi connectivity index (χ4n) is 9.32. The summed E-state index contributed by atoms with van der Waals surface area (Å²) in [5.74, 6) is 4.38. The summed E-state index contributed by atoms with van der Waals surface area (Å²) in [7, 11) is 0. The van der Waals surface area contributed by atoms with E-state index >= 15 is 0 Å². The lowest BCUT2D eigenvalue weighted by atomic mass is 9.44. The van der Waals surface area contributed by atoms with Crippen LogP contribution in [0.1, 0.15) is 112 Å². The Bertz CT molecular complexity index is 764. The van der Waals surface area contributed by atoms with Crippen LogP contribution in [0.2, 0.25) is 0 Å². The van der Waals surface area contributed by atoms with E-state index in [1.54, 1.807) is 0 Å². The number of carbonyl (C=O) groups is 2. The molecule has 3 nitrogen and oxygen atoms in total. The molecule has 4 aliphatic rings. The monoisotopic (exact) mass is 522 g/mol. The van der Waals surface area contributed by atoms with Crippen molar-refractivity contribution >= 4 is 27.7 Å². The lowest BCUT2D eigenvalue weighted by molar-refractivity contribution is -0.163. The Kier molecular flexibility index (Phi) is 7.20. The molecule has 4 saturated carbocycles. The molecule has 9 atom stereocenters. The lowest BCUT2D eigenvalue weighted by Crippen LogP contribution is -2.64. The number of alkyl halides is 1. The van der Waals surface area contributed by atoms with E-state index in [-0.39, 0.29) is 17.5 Å². The van der Waals surface area contributed by atoms with Gasteiger partial charge in [-0.25, -0.2) is 0 Å². The Hall–Kier alpha value is -0.380. The molecule has 4 rings (SSSR count). The van der Waals surface area contributed by atoms with Crippen LogP contribution < -0.4 is 0 Å². The Labute approximate surface area is 210 Å². The van der Waals surface area contributed by atoms with Crippen LogP contribution in [0.4, 0.5) is 0 Å². The van der Waals surface area contributed by atoms with Gasteiger partial charge in [0.25, 0.3) is 0 Å². The summed E-state index contributed by atoms with van der Waals surface area (Å²) in [6, 6.07) is 0. The first-order chi connectivity index (χ1) is 15.4. The highest BCUT2D eigenvalue weighted by Gasteiger charge is 2.67. The van der Waals surface area contributed by atoms with Gasteiger partial charge in [0.2, 0.25) is 0 Å². The normalized spacial score (nSPS) is 45.8. The van der Waals surface area contributed by atoms with Crippen molar-refractivity contribution in [2.45, 2.75) is 123 Å². The number of carbonyl (C=O) groups excluding carboxylic acids is 2. The molecule has 0 saturated heterocycles. The maximum Gasteiger partial charge on any atom is 0.302 e. The molecule has 33 heavy (non-hydrogen) atoms. The molecule has 0 aromatic rings. The Morgan fingerprint density at radius 3 is 2.45 bits per heavy atom. The molecule has 0 amide bonds. The van der Waals surface area contributed by atoms with E-state index in [4.69, 9.17) is 4.74 Å². The van der Waals surface area contributed by atoms with Gasteiger partial charge in [-0.15, -0.1) is 0 Å². The number of esters is 1. The SMILES string of the molecule is CC(=O)O[C@H]1CC[C@]2(C)[C@H]3CC[C@]4(C)[C@@H]([C@H](C)CCCC(C)C)CC[C@H]4[C@@H]3CC(=O)[C@]2(Br)C1. The van der Waals surface area contributed by atoms with Crippen molar-refractivity contribution in [3.8, 4) is 0 Å². The lowest BCUT2D eigenvalue weighted by Gasteiger charge is -2.63. The molecule has 0 aliphatic heterocycles. The summed E-state index contributed by atoms with van der Waals surface area (Å²) < 4.78 is 5.05. The summed E-state index contributed by atoms with van der Waals surface area (Å²) in [5, 5.41) is 0. The molecule has 4 fully saturated rings. The van der Waals surface area contributed by atoms with Crippen LogP contribution >= 0.6 is 15.9 Å². The van der Waals surface area contributed by atoms with Crippen molar-refractivity contribution in [3.63, 3.8) is 0 Å². The predicted octanol–water partition coefficient (Wildman–Crippen LogP) is 7.74. The largest absolute Gasteiger partial charge is 0.462 e. The van der Waals surface area contributed by atoms with E-state index in [2.05, 4.69) is 50.5 Å². The van der Waals surface area contributed by atoms with Crippen molar-refractivity contribution in [3.05, 3.63) is 0 Å². The van der Waals surface area contributed by atoms with Crippen LogP contribution in [0.5, 0.6) is 0 Å². The average Bonchev–Trinajstić information content (AvgIpc) is 3.07. The molecule has 4 heteroatoms. The first-order valence-corrected chi connectivity index (χ1v) is 14.6. The van der Waals surface area contributed by atoms with Gasteiger partial charge < -0.3 is 4.74 Å². The molecule has 0 N–H and O–H groups in total. The second-order valence-electron chi connectivity index (χ2n) is 13.2. The van der Waals surface area contributed by atoms with Crippen molar-refractivity contribution in [1.82, 2.24) is 0 Å². The number of fused-ring (bicyclic) bond motifs is 5. The highest BCUT2D eigenvalue weighted by atomic mass is 79.9. The fourth-order valence-corrected chi connectivity index (χ4v) is 10.3. The number of hydrogen-bond donors (Lipinski definition) is 0. The van der Waals surface area contributed by atoms with Crippen LogP contribution in [0.3, 0.4) is 0 Å². The number of Topliss-reactive ketones (excluding diaryl/α,β-unsaturated/α-hetero) is 1. The zero-order chi connectivity index (χ0) is 24.2. The van der Waals surface area contributed by atoms with Crippen LogP contribution in [0, 0.1) is 46.3 Å². The van der Waals surface area contributed by atoms with Gasteiger partial charge >= 0.3 is 5.97 Å². The Morgan fingerprint density at radius 2 is 1.79 bits per heavy atom. The fraction of sp³-hybridized carbons (Fsp3) is 0.931. The van der Waals surface area contributed by atoms with Gasteiger partial charge in [-0.2, -0.15) is 0 Å². The maximum atomic E-state index is 13.8. The second kappa shape index (κ2) is 9.25. The van der Waals surface area contributed by atoms with Crippen molar-refractivity contribution < 1.29 is 14.3 Å². The molecule has 0 spiro atoms. The van der Waals surface area contributed by atoms with Crippen molar-refractivity contribution in [1.29, 1.82) is 0 Å². The highest BCUT2D eigenvalue weighted by Crippen LogP contribution is 2.70. The molecule has 188 valence electrons. The van der Waals surface area contributed by atoms with Crippen molar-refractivity contribution in [2.75, 3.05) is 0 Å². The van der Waals surface area contributed by atoms with Gasteiger partial charge in [0.1, 0.15) is 6.10 Å². The third-order valence-corrected chi connectivity index (χ3v) is 12.7. The van der Waals surface area contributed by atoms with Gasteiger partial charge in [0.05, 0.1) is 4.32 Å². The molecule has 0 aromatic heterocycles. The molecule has 4 aliphatic carbocycles. The number of rotatable bonds is 6. The molecule has 0 aromatic carbocycles. The minimum atomic E-state index is -0.532. The van der Waals surface area contributed by atoms with E-state index in [1.807, 2.05) is 0 Å². The molecule has 0 heterocycles. The molecular weight excluding hydrogens is 476 g/mol. The summed E-state index contributed by atoms with van der Waals surface area (Å²) in [6.45, 7) is 13.6. The summed E-state index contributed by atoms with van der Waals surface area (Å²) in [6.07, 6.45) is 12.4. The minimum absolute atomic E-state index is 0.0358. The van der Waals surface area contributed by atoms with Gasteiger partial charge in [-0.1, -0.05) is 69.8 Å². The predicted molar refractivity (Wildman–Crippen MR) is 137 cm³/mol. The number of ketones is 1. The maximum absolute atomic E-state index is 13.8. The third-order valence-electron chi connectivity index (χ3n) is 11.1. The van der Waals surface area contributed by atoms with Gasteiger partial charge in [-0.05, 0) is 84.9 Å². The molecule has 0 radical (unpaired) electrons. The summed E-state index contributed by atoms with van der Waals surface area (Å²) in [4.78, 5) is 25.4. The minimum Gasteiger partial charge on any atom is -0.462 e. The van der Waals surface area contributed by atoms with E-state index in [9.17, 15) is 9.59 Å². The second-order valence-corrected chi connectivity index (χ2v) is 14.6. The van der Waals surface area contributed by atoms with E-state index in [0.717, 1.165) is 30.6 Å². The number of halogens is 1. The van der Waals surface area contributed by atoms with Gasteiger partial charge in [0.15, 0.2) is 5.78 Å². The van der Waals surface area contributed by atoms with Crippen LogP contribution in [-0.4, -0.2) is 22.2 Å². The van der Waals surface area contributed by atoms with Gasteiger partial charge in [0, 0.05) is 19.8 Å². The molecular formula is C29H47BrO3. The van der Waals surface area contributed by atoms with E-state index in [1.165, 1.54) is 51.9 Å². The zero-order valence-electron chi connectivity index (χ0n) is 21.9. The Balaban J connectivity index is 1.52. The average molecular weight is 524 g/mol. The standard InChI is InChI=1S/C29H47BrO3/c1-18(2)8-7-9-19(3)23-10-11-24-22-16-26(32)29(30)17-21(33-20(4)31)12-15-28(29,6)25(22)13-14-27(23,24)5/h18-19,21-25H,7-17H2,1-6H3/t19-,21+,22+,23-,24+,25+,27-,28-,29-/m1/s1. The van der Waals surface area contributed by atoms with Crippen LogP contribution in [0.25, 0.3) is 0 Å². The highest BCUT2D eigenvalue weighted by molar-refractivity contribution is 9.10. The Morgan fingerprint density at radius 1 is 1.06 bits per heavy atom. The third kappa shape index (κ3) is 4.27. The topological polar surface area (TPSA) is 43.4 Å². The summed E-state index contributed by atoms with van der Waals surface area (Å²) >= 11 is 4.01. The van der Waals surface area contributed by atoms with E-state index < -0.39 is 4.32 Å². The molecule has 0 bridgehead atoms. The zero-order valence-corrected chi connectivity index (χ0v) is 23.5. The number of hydrogen-bond acceptors (Lipinski definition) is 3. The van der Waals surface area contributed by atoms with Crippen LogP contribution in [0.15, 0.2) is 0 Å². The first kappa shape index (κ1) is 25.7. The van der Waals surface area contributed by atoms with E-state index in [0.29, 0.717) is 41.8 Å².